The van der Waals surface area contributed by atoms with Gasteiger partial charge in [-0.2, -0.15) is 0 Å². The third-order valence-corrected chi connectivity index (χ3v) is 6.09. The van der Waals surface area contributed by atoms with Crippen LogP contribution in [0.2, 0.25) is 0 Å². The van der Waals surface area contributed by atoms with Crippen LogP contribution in [0.3, 0.4) is 0 Å². The van der Waals surface area contributed by atoms with Crippen molar-refractivity contribution in [2.45, 2.75) is 32.9 Å². The van der Waals surface area contributed by atoms with Crippen molar-refractivity contribution in [1.82, 2.24) is 9.88 Å². The second-order valence-corrected chi connectivity index (χ2v) is 8.40. The fourth-order valence-corrected chi connectivity index (χ4v) is 4.45. The minimum atomic E-state index is -0.0640. The molecule has 162 valence electrons. The fourth-order valence-electron chi connectivity index (χ4n) is 3.73. The number of ether oxygens (including phenoxy) is 2. The molecule has 0 fully saturated rings. The van der Waals surface area contributed by atoms with Gasteiger partial charge < -0.3 is 14.8 Å². The Hall–Kier alpha value is -2.90. The highest BCUT2D eigenvalue weighted by Crippen LogP contribution is 2.25. The number of carbonyl (C=O) groups is 1. The molecule has 0 radical (unpaired) electrons. The number of hydrogen-bond acceptors (Lipinski definition) is 6. The molecule has 6 nitrogen and oxygen atoms in total. The van der Waals surface area contributed by atoms with Gasteiger partial charge in [-0.05, 0) is 54.3 Å². The number of nitrogens with zero attached hydrogens (tertiary/aromatic N) is 2. The lowest BCUT2D eigenvalue weighted by Crippen LogP contribution is -2.30. The molecule has 0 aliphatic carbocycles. The van der Waals surface area contributed by atoms with E-state index in [-0.39, 0.29) is 5.91 Å². The largest absolute Gasteiger partial charge is 0.497 e. The number of amides is 1. The van der Waals surface area contributed by atoms with E-state index in [4.69, 9.17) is 9.47 Å². The van der Waals surface area contributed by atoms with Crippen molar-refractivity contribution < 1.29 is 14.3 Å². The first-order valence-electron chi connectivity index (χ1n) is 10.5. The maximum absolute atomic E-state index is 12.4. The van der Waals surface area contributed by atoms with Gasteiger partial charge in [-0.3, -0.25) is 9.69 Å². The molecule has 7 heteroatoms. The SMILES string of the molecule is CCOc1ccc(CC(=O)Nc2nc(CN3CCc4cc(OC)ccc4C3)cs2)cc1. The summed E-state index contributed by atoms with van der Waals surface area (Å²) in [6.07, 6.45) is 1.32. The Balaban J connectivity index is 1.29. The van der Waals surface area contributed by atoms with Gasteiger partial charge in [0.15, 0.2) is 5.13 Å². The number of methoxy groups -OCH3 is 1. The van der Waals surface area contributed by atoms with Gasteiger partial charge in [0.1, 0.15) is 11.5 Å². The Morgan fingerprint density at radius 3 is 2.74 bits per heavy atom. The van der Waals surface area contributed by atoms with Crippen LogP contribution in [0.5, 0.6) is 11.5 Å². The summed E-state index contributed by atoms with van der Waals surface area (Å²) in [5.41, 5.74) is 4.63. The lowest BCUT2D eigenvalue weighted by molar-refractivity contribution is -0.115. The monoisotopic (exact) mass is 437 g/mol. The van der Waals surface area contributed by atoms with Gasteiger partial charge >= 0.3 is 0 Å². The first-order valence-corrected chi connectivity index (χ1v) is 11.3. The van der Waals surface area contributed by atoms with Crippen molar-refractivity contribution in [2.75, 3.05) is 25.6 Å². The van der Waals surface area contributed by atoms with Gasteiger partial charge in [0.2, 0.25) is 5.91 Å². The lowest BCUT2D eigenvalue weighted by Gasteiger charge is -2.28. The van der Waals surface area contributed by atoms with E-state index in [9.17, 15) is 4.79 Å². The zero-order chi connectivity index (χ0) is 21.6. The third kappa shape index (κ3) is 5.62. The molecule has 31 heavy (non-hydrogen) atoms. The van der Waals surface area contributed by atoms with Crippen LogP contribution in [0, 0.1) is 0 Å². The van der Waals surface area contributed by atoms with E-state index in [1.54, 1.807) is 7.11 Å². The average Bonchev–Trinajstić information content (AvgIpc) is 3.21. The molecule has 2 aromatic carbocycles. The first kappa shape index (κ1) is 21.3. The molecule has 0 unspecified atom stereocenters. The van der Waals surface area contributed by atoms with Gasteiger partial charge in [0.25, 0.3) is 0 Å². The maximum Gasteiger partial charge on any atom is 0.230 e. The van der Waals surface area contributed by atoms with Gasteiger partial charge in [0, 0.05) is 25.0 Å². The van der Waals surface area contributed by atoms with Crippen LogP contribution in [-0.2, 0) is 30.7 Å². The van der Waals surface area contributed by atoms with Crippen LogP contribution in [-0.4, -0.2) is 36.1 Å². The number of hydrogen-bond donors (Lipinski definition) is 1. The summed E-state index contributed by atoms with van der Waals surface area (Å²) in [5.74, 6) is 1.67. The van der Waals surface area contributed by atoms with Crippen molar-refractivity contribution in [2.24, 2.45) is 0 Å². The Morgan fingerprint density at radius 1 is 1.16 bits per heavy atom. The predicted molar refractivity (Wildman–Crippen MR) is 123 cm³/mol. The van der Waals surface area contributed by atoms with Gasteiger partial charge in [0.05, 0.1) is 25.8 Å². The molecule has 4 rings (SSSR count). The number of nitrogens with one attached hydrogen (secondary N) is 1. The highest BCUT2D eigenvalue weighted by molar-refractivity contribution is 7.13. The molecule has 0 saturated carbocycles. The highest BCUT2D eigenvalue weighted by atomic mass is 32.1. The summed E-state index contributed by atoms with van der Waals surface area (Å²) < 4.78 is 10.8. The molecule has 1 amide bonds. The summed E-state index contributed by atoms with van der Waals surface area (Å²) in [6.45, 7) is 5.24. The van der Waals surface area contributed by atoms with Crippen LogP contribution < -0.4 is 14.8 Å². The van der Waals surface area contributed by atoms with Crippen molar-refractivity contribution >= 4 is 22.4 Å². The number of carbonyl (C=O) groups excluding carboxylic acids is 1. The molecule has 3 aromatic rings. The zero-order valence-corrected chi connectivity index (χ0v) is 18.7. The molecule has 0 spiro atoms. The van der Waals surface area contributed by atoms with E-state index in [1.807, 2.05) is 42.6 Å². The van der Waals surface area contributed by atoms with Crippen LogP contribution in [0.25, 0.3) is 0 Å². The molecule has 2 heterocycles. The third-order valence-electron chi connectivity index (χ3n) is 5.29. The minimum absolute atomic E-state index is 0.0640. The molecule has 1 aromatic heterocycles. The molecule has 1 aliphatic rings. The fraction of sp³-hybridized carbons (Fsp3) is 0.333. The lowest BCUT2D eigenvalue weighted by atomic mass is 9.99. The molecular formula is C24H27N3O3S. The van der Waals surface area contributed by atoms with Crippen LogP contribution >= 0.6 is 11.3 Å². The van der Waals surface area contributed by atoms with Crippen molar-refractivity contribution in [3.8, 4) is 11.5 Å². The number of fused-ring (bicyclic) bond motifs is 1. The maximum atomic E-state index is 12.4. The summed E-state index contributed by atoms with van der Waals surface area (Å²) in [5, 5.41) is 5.59. The minimum Gasteiger partial charge on any atom is -0.497 e. The second-order valence-electron chi connectivity index (χ2n) is 7.54. The van der Waals surface area contributed by atoms with Gasteiger partial charge in [-0.15, -0.1) is 11.3 Å². The molecule has 0 atom stereocenters. The Labute approximate surface area is 186 Å². The van der Waals surface area contributed by atoms with E-state index >= 15 is 0 Å². The van der Waals surface area contributed by atoms with E-state index in [1.165, 1.54) is 22.5 Å². The van der Waals surface area contributed by atoms with Gasteiger partial charge in [-0.25, -0.2) is 4.98 Å². The summed E-state index contributed by atoms with van der Waals surface area (Å²) >= 11 is 1.47. The Kier molecular flexibility index (Phi) is 6.84. The predicted octanol–water partition coefficient (Wildman–Crippen LogP) is 4.29. The van der Waals surface area contributed by atoms with Crippen molar-refractivity contribution in [3.05, 3.63) is 70.2 Å². The van der Waals surface area contributed by atoms with E-state index in [0.29, 0.717) is 18.2 Å². The van der Waals surface area contributed by atoms with Crippen LogP contribution in [0.1, 0.15) is 29.3 Å². The van der Waals surface area contributed by atoms with Crippen LogP contribution in [0.15, 0.2) is 47.8 Å². The zero-order valence-electron chi connectivity index (χ0n) is 17.9. The number of anilines is 1. The number of thiazole rings is 1. The smallest absolute Gasteiger partial charge is 0.230 e. The van der Waals surface area contributed by atoms with E-state index < -0.39 is 0 Å². The topological polar surface area (TPSA) is 63.7 Å². The Morgan fingerprint density at radius 2 is 1.97 bits per heavy atom. The Bertz CT molecular complexity index is 1030. The average molecular weight is 438 g/mol. The summed E-state index contributed by atoms with van der Waals surface area (Å²) in [7, 11) is 1.70. The summed E-state index contributed by atoms with van der Waals surface area (Å²) in [4.78, 5) is 19.4. The highest BCUT2D eigenvalue weighted by Gasteiger charge is 2.18. The first-order chi connectivity index (χ1) is 15.1. The number of aromatic nitrogens is 1. The van der Waals surface area contributed by atoms with E-state index in [0.717, 1.165) is 48.8 Å². The molecule has 0 bridgehead atoms. The quantitative estimate of drug-likeness (QED) is 0.570. The number of rotatable bonds is 8. The van der Waals surface area contributed by atoms with Crippen LogP contribution in [0.4, 0.5) is 5.13 Å². The molecular weight excluding hydrogens is 410 g/mol. The van der Waals surface area contributed by atoms with Crippen molar-refractivity contribution in [1.29, 1.82) is 0 Å². The molecule has 1 N–H and O–H groups in total. The van der Waals surface area contributed by atoms with Crippen molar-refractivity contribution in [3.63, 3.8) is 0 Å². The normalized spacial score (nSPS) is 13.5. The van der Waals surface area contributed by atoms with E-state index in [2.05, 4.69) is 27.3 Å². The summed E-state index contributed by atoms with van der Waals surface area (Å²) in [6, 6.07) is 13.9. The standard InChI is InChI=1S/C24H27N3O3S/c1-3-30-21-7-4-17(5-8-21)12-23(28)26-24-25-20(16-31-24)15-27-11-10-18-13-22(29-2)9-6-19(18)14-27/h4-9,13,16H,3,10-12,14-15H2,1-2H3,(H,25,26,28). The molecule has 0 saturated heterocycles. The number of benzene rings is 2. The van der Waals surface area contributed by atoms with Gasteiger partial charge in [-0.1, -0.05) is 18.2 Å². The molecule has 1 aliphatic heterocycles. The second kappa shape index (κ2) is 9.94.